The number of aryl methyl sites for hydroxylation is 1. The number of carboxylic acids is 3. The van der Waals surface area contributed by atoms with Gasteiger partial charge in [-0.15, -0.1) is 0 Å². The van der Waals surface area contributed by atoms with Crippen LogP contribution in [0.3, 0.4) is 0 Å². The zero-order valence-electron chi connectivity index (χ0n) is 12.6. The molecule has 0 saturated carbocycles. The van der Waals surface area contributed by atoms with Crippen LogP contribution in [0.25, 0.3) is 0 Å². The van der Waals surface area contributed by atoms with Gasteiger partial charge in [0.15, 0.2) is 0 Å². The molecule has 3 N–H and O–H groups in total. The van der Waals surface area contributed by atoms with E-state index in [1.54, 1.807) is 13.0 Å². The number of aliphatic carboxylic acids is 2. The first-order valence-corrected chi connectivity index (χ1v) is 6.71. The van der Waals surface area contributed by atoms with E-state index in [0.29, 0.717) is 11.3 Å². The minimum absolute atomic E-state index is 0.0196. The average molecular weight is 309 g/mol. The molecule has 0 spiro atoms. The zero-order chi connectivity index (χ0) is 17.0. The molecular formula is C15H19NO6. The number of hydrogen-bond acceptors (Lipinski definition) is 4. The van der Waals surface area contributed by atoms with Crippen LogP contribution in [0, 0.1) is 12.8 Å². The molecule has 1 rings (SSSR count). The number of benzene rings is 1. The van der Waals surface area contributed by atoms with Crippen LogP contribution in [0.15, 0.2) is 18.2 Å². The van der Waals surface area contributed by atoms with Gasteiger partial charge >= 0.3 is 17.9 Å². The minimum atomic E-state index is -1.13. The van der Waals surface area contributed by atoms with Crippen molar-refractivity contribution in [3.8, 4) is 0 Å². The van der Waals surface area contributed by atoms with E-state index in [2.05, 4.69) is 0 Å². The molecule has 7 heteroatoms. The van der Waals surface area contributed by atoms with Crippen LogP contribution in [0.1, 0.15) is 29.8 Å². The van der Waals surface area contributed by atoms with E-state index >= 15 is 0 Å². The largest absolute Gasteiger partial charge is 0.481 e. The standard InChI is InChI=1S/C15H19NO6/c1-8-4-5-11(15(21)22)6-12(8)16(10(3)14(19)20)7-9(2)13(17)18/h4-6,9-10H,7H2,1-3H3,(H,17,18)(H,19,20)(H,21,22). The van der Waals surface area contributed by atoms with E-state index < -0.39 is 29.9 Å². The average Bonchev–Trinajstić information content (AvgIpc) is 2.44. The second kappa shape index (κ2) is 6.93. The molecule has 0 saturated heterocycles. The van der Waals surface area contributed by atoms with Crippen molar-refractivity contribution < 1.29 is 29.7 Å². The summed E-state index contributed by atoms with van der Waals surface area (Å²) < 4.78 is 0. The van der Waals surface area contributed by atoms with Crippen molar-refractivity contribution in [3.05, 3.63) is 29.3 Å². The van der Waals surface area contributed by atoms with E-state index in [1.165, 1.54) is 30.9 Å². The molecule has 0 amide bonds. The summed E-state index contributed by atoms with van der Waals surface area (Å²) >= 11 is 0. The highest BCUT2D eigenvalue weighted by Crippen LogP contribution is 2.25. The normalized spacial score (nSPS) is 13.2. The van der Waals surface area contributed by atoms with Crippen LogP contribution in [-0.2, 0) is 9.59 Å². The van der Waals surface area contributed by atoms with Crippen LogP contribution in [0.2, 0.25) is 0 Å². The van der Waals surface area contributed by atoms with Crippen molar-refractivity contribution in [2.75, 3.05) is 11.4 Å². The maximum absolute atomic E-state index is 11.3. The predicted octanol–water partition coefficient (Wildman–Crippen LogP) is 1.69. The lowest BCUT2D eigenvalue weighted by molar-refractivity contribution is -0.142. The van der Waals surface area contributed by atoms with E-state index in [9.17, 15) is 19.5 Å². The second-order valence-electron chi connectivity index (χ2n) is 5.21. The Balaban J connectivity index is 3.31. The quantitative estimate of drug-likeness (QED) is 0.702. The van der Waals surface area contributed by atoms with Crippen molar-refractivity contribution in [1.29, 1.82) is 0 Å². The third-order valence-electron chi connectivity index (χ3n) is 3.48. The van der Waals surface area contributed by atoms with Gasteiger partial charge in [0, 0.05) is 12.2 Å². The molecule has 0 fully saturated rings. The third-order valence-corrected chi connectivity index (χ3v) is 3.48. The van der Waals surface area contributed by atoms with E-state index in [-0.39, 0.29) is 12.1 Å². The number of nitrogens with zero attached hydrogens (tertiary/aromatic N) is 1. The van der Waals surface area contributed by atoms with E-state index in [4.69, 9.17) is 10.2 Å². The maximum atomic E-state index is 11.3. The molecule has 0 aliphatic carbocycles. The van der Waals surface area contributed by atoms with Crippen LogP contribution >= 0.6 is 0 Å². The molecule has 0 heterocycles. The molecule has 0 aliphatic rings. The first-order valence-electron chi connectivity index (χ1n) is 6.71. The molecule has 7 nitrogen and oxygen atoms in total. The van der Waals surface area contributed by atoms with Gasteiger partial charge in [0.05, 0.1) is 11.5 Å². The molecule has 1 aromatic carbocycles. The van der Waals surface area contributed by atoms with Crippen LogP contribution in [-0.4, -0.2) is 45.8 Å². The summed E-state index contributed by atoms with van der Waals surface area (Å²) in [4.78, 5) is 34.8. The molecule has 120 valence electrons. The van der Waals surface area contributed by atoms with Crippen LogP contribution in [0.4, 0.5) is 5.69 Å². The zero-order valence-corrected chi connectivity index (χ0v) is 12.6. The molecule has 22 heavy (non-hydrogen) atoms. The van der Waals surface area contributed by atoms with Crippen molar-refractivity contribution in [1.82, 2.24) is 0 Å². The fraction of sp³-hybridized carbons (Fsp3) is 0.400. The molecule has 0 radical (unpaired) electrons. The van der Waals surface area contributed by atoms with Gasteiger partial charge < -0.3 is 20.2 Å². The summed E-state index contributed by atoms with van der Waals surface area (Å²) in [5.41, 5.74) is 1.10. The molecule has 1 aromatic rings. The van der Waals surface area contributed by atoms with Gasteiger partial charge in [0.2, 0.25) is 0 Å². The van der Waals surface area contributed by atoms with Crippen LogP contribution < -0.4 is 4.90 Å². The predicted molar refractivity (Wildman–Crippen MR) is 79.4 cm³/mol. The summed E-state index contributed by atoms with van der Waals surface area (Å²) in [6.45, 7) is 4.59. The highest BCUT2D eigenvalue weighted by atomic mass is 16.4. The maximum Gasteiger partial charge on any atom is 0.335 e. The van der Waals surface area contributed by atoms with Crippen LogP contribution in [0.5, 0.6) is 0 Å². The number of carbonyl (C=O) groups is 3. The van der Waals surface area contributed by atoms with Gasteiger partial charge in [-0.1, -0.05) is 13.0 Å². The van der Waals surface area contributed by atoms with Crippen molar-refractivity contribution in [3.63, 3.8) is 0 Å². The van der Waals surface area contributed by atoms with Gasteiger partial charge in [-0.2, -0.15) is 0 Å². The summed E-state index contributed by atoms with van der Waals surface area (Å²) in [5.74, 6) is -4.09. The SMILES string of the molecule is Cc1ccc(C(=O)O)cc1N(CC(C)C(=O)O)C(C)C(=O)O. The highest BCUT2D eigenvalue weighted by Gasteiger charge is 2.26. The Labute approximate surface area is 127 Å². The fourth-order valence-electron chi connectivity index (χ4n) is 2.02. The topological polar surface area (TPSA) is 115 Å². The first-order chi connectivity index (χ1) is 10.1. The number of aromatic carboxylic acids is 1. The summed E-state index contributed by atoms with van der Waals surface area (Å²) in [6.07, 6.45) is 0. The lowest BCUT2D eigenvalue weighted by Crippen LogP contribution is -2.43. The molecule has 0 aromatic heterocycles. The number of anilines is 1. The van der Waals surface area contributed by atoms with Gasteiger partial charge in [0.1, 0.15) is 6.04 Å². The highest BCUT2D eigenvalue weighted by molar-refractivity contribution is 5.90. The fourth-order valence-corrected chi connectivity index (χ4v) is 2.02. The molecule has 2 unspecified atom stereocenters. The molecule has 2 atom stereocenters. The summed E-state index contributed by atoms with van der Waals surface area (Å²) in [7, 11) is 0. The van der Waals surface area contributed by atoms with E-state index in [1.807, 2.05) is 0 Å². The smallest absolute Gasteiger partial charge is 0.335 e. The monoisotopic (exact) mass is 309 g/mol. The molecule has 0 bridgehead atoms. The Kier molecular flexibility index (Phi) is 5.50. The summed E-state index contributed by atoms with van der Waals surface area (Å²) in [5, 5.41) is 27.3. The summed E-state index contributed by atoms with van der Waals surface area (Å²) in [6, 6.07) is 3.38. The van der Waals surface area contributed by atoms with Crippen molar-refractivity contribution in [2.45, 2.75) is 26.8 Å². The Morgan fingerprint density at radius 3 is 2.14 bits per heavy atom. The van der Waals surface area contributed by atoms with Gasteiger partial charge in [-0.25, -0.2) is 9.59 Å². The number of carboxylic acid groups (broad SMARTS) is 3. The lowest BCUT2D eigenvalue weighted by atomic mass is 10.0. The Morgan fingerprint density at radius 2 is 1.68 bits per heavy atom. The lowest BCUT2D eigenvalue weighted by Gasteiger charge is -2.31. The Morgan fingerprint density at radius 1 is 1.09 bits per heavy atom. The molecular weight excluding hydrogens is 290 g/mol. The van der Waals surface area contributed by atoms with Gasteiger partial charge in [0.25, 0.3) is 0 Å². The Hall–Kier alpha value is -2.57. The third kappa shape index (κ3) is 3.97. The minimum Gasteiger partial charge on any atom is -0.481 e. The van der Waals surface area contributed by atoms with Crippen molar-refractivity contribution >= 4 is 23.6 Å². The second-order valence-corrected chi connectivity index (χ2v) is 5.21. The number of rotatable bonds is 7. The Bertz CT molecular complexity index is 598. The molecule has 0 aliphatic heterocycles. The first kappa shape index (κ1) is 17.5. The van der Waals surface area contributed by atoms with E-state index in [0.717, 1.165) is 0 Å². The van der Waals surface area contributed by atoms with Gasteiger partial charge in [-0.3, -0.25) is 4.79 Å². The van der Waals surface area contributed by atoms with Crippen molar-refractivity contribution in [2.24, 2.45) is 5.92 Å². The van der Waals surface area contributed by atoms with Gasteiger partial charge in [-0.05, 0) is 31.5 Å². The number of hydrogen-bond donors (Lipinski definition) is 3.